The van der Waals surface area contributed by atoms with E-state index in [9.17, 15) is 14.4 Å². The van der Waals surface area contributed by atoms with Crippen molar-refractivity contribution in [3.05, 3.63) is 78.4 Å². The molecule has 3 N–H and O–H groups in total. The Kier molecular flexibility index (Phi) is 6.42. The fourth-order valence-electron chi connectivity index (χ4n) is 3.44. The molecule has 4 rings (SSSR count). The van der Waals surface area contributed by atoms with Gasteiger partial charge in [-0.25, -0.2) is 0 Å². The van der Waals surface area contributed by atoms with Crippen molar-refractivity contribution < 1.29 is 19.1 Å². The Labute approximate surface area is 189 Å². The van der Waals surface area contributed by atoms with E-state index in [0.717, 1.165) is 21.2 Å². The third kappa shape index (κ3) is 4.76. The summed E-state index contributed by atoms with van der Waals surface area (Å²) in [5, 5.41) is 2.55. The molecule has 0 spiro atoms. The minimum Gasteiger partial charge on any atom is -0.456 e. The first-order chi connectivity index (χ1) is 15.5. The molecule has 1 heterocycles. The van der Waals surface area contributed by atoms with Gasteiger partial charge in [0.05, 0.1) is 29.0 Å². The lowest BCUT2D eigenvalue weighted by Gasteiger charge is -2.32. The molecule has 1 aliphatic rings. The second-order valence-electron chi connectivity index (χ2n) is 7.06. The second kappa shape index (κ2) is 9.57. The predicted octanol–water partition coefficient (Wildman–Crippen LogP) is 3.96. The van der Waals surface area contributed by atoms with E-state index >= 15 is 0 Å². The maximum Gasteiger partial charge on any atom is 0.308 e. The van der Waals surface area contributed by atoms with Crippen LogP contribution in [-0.4, -0.2) is 30.9 Å². The van der Waals surface area contributed by atoms with Gasteiger partial charge in [0.2, 0.25) is 0 Å². The number of hydrogen-bond donors (Lipinski definition) is 2. The van der Waals surface area contributed by atoms with Crippen molar-refractivity contribution in [3.8, 4) is 0 Å². The molecule has 0 atom stereocenters. The highest BCUT2D eigenvalue weighted by atomic mass is 32.2. The molecular weight excluding hydrogens is 426 g/mol. The number of para-hydroxylation sites is 3. The van der Waals surface area contributed by atoms with Crippen LogP contribution in [0, 0.1) is 0 Å². The summed E-state index contributed by atoms with van der Waals surface area (Å²) in [7, 11) is 0. The third-order valence-corrected chi connectivity index (χ3v) is 6.03. The summed E-state index contributed by atoms with van der Waals surface area (Å²) in [6.45, 7) is -0.0332. The summed E-state index contributed by atoms with van der Waals surface area (Å²) in [5.74, 6) is -1.69. The Hall–Kier alpha value is -3.78. The van der Waals surface area contributed by atoms with Crippen molar-refractivity contribution in [2.24, 2.45) is 5.73 Å². The van der Waals surface area contributed by atoms with Crippen molar-refractivity contribution in [2.45, 2.75) is 16.2 Å². The molecule has 2 amide bonds. The number of primary amides is 1. The monoisotopic (exact) mass is 447 g/mol. The molecular formula is C24H21N3O4S. The van der Waals surface area contributed by atoms with Gasteiger partial charge in [-0.2, -0.15) is 0 Å². The molecule has 0 bridgehead atoms. The molecule has 0 aromatic heterocycles. The lowest BCUT2D eigenvalue weighted by molar-refractivity contribution is -0.147. The first-order valence-electron chi connectivity index (χ1n) is 10.0. The molecule has 32 heavy (non-hydrogen) atoms. The van der Waals surface area contributed by atoms with Crippen LogP contribution in [0.5, 0.6) is 0 Å². The number of hydrogen-bond acceptors (Lipinski definition) is 6. The highest BCUT2D eigenvalue weighted by molar-refractivity contribution is 7.99. The highest BCUT2D eigenvalue weighted by Gasteiger charge is 2.23. The van der Waals surface area contributed by atoms with Crippen molar-refractivity contribution in [3.63, 3.8) is 0 Å². The molecule has 0 saturated carbocycles. The maximum atomic E-state index is 12.3. The van der Waals surface area contributed by atoms with Gasteiger partial charge < -0.3 is 20.7 Å². The number of benzene rings is 3. The molecule has 0 aliphatic carbocycles. The van der Waals surface area contributed by atoms with E-state index in [2.05, 4.69) is 22.3 Å². The summed E-state index contributed by atoms with van der Waals surface area (Å²) >= 11 is 1.70. The van der Waals surface area contributed by atoms with E-state index < -0.39 is 24.4 Å². The van der Waals surface area contributed by atoms with Gasteiger partial charge in [0.25, 0.3) is 11.8 Å². The normalized spacial score (nSPS) is 11.8. The molecule has 0 saturated heterocycles. The fraction of sp³-hybridized carbons (Fsp3) is 0.125. The largest absolute Gasteiger partial charge is 0.456 e. The number of ether oxygens (including phenoxy) is 1. The molecule has 162 valence electrons. The summed E-state index contributed by atoms with van der Waals surface area (Å²) in [5.41, 5.74) is 7.84. The van der Waals surface area contributed by atoms with Gasteiger partial charge >= 0.3 is 5.97 Å². The molecule has 3 aromatic carbocycles. The van der Waals surface area contributed by atoms with Gasteiger partial charge in [-0.3, -0.25) is 14.4 Å². The summed E-state index contributed by atoms with van der Waals surface area (Å²) < 4.78 is 5.14. The Balaban J connectivity index is 1.35. The van der Waals surface area contributed by atoms with Crippen molar-refractivity contribution in [1.82, 2.24) is 0 Å². The Morgan fingerprint density at radius 1 is 0.875 bits per heavy atom. The molecule has 3 aromatic rings. The Bertz CT molecular complexity index is 1140. The van der Waals surface area contributed by atoms with E-state index in [1.54, 1.807) is 30.0 Å². The predicted molar refractivity (Wildman–Crippen MR) is 123 cm³/mol. The topological polar surface area (TPSA) is 102 Å². The standard InChI is InChI=1S/C24H21N3O4S/c25-24(30)16-7-1-2-8-17(16)26-22(28)15-31-23(29)13-14-27-18-9-3-5-11-20(18)32-21-12-6-4-10-19(21)27/h1-12H,13-15H2,(H2,25,30)(H,26,28). The maximum absolute atomic E-state index is 12.3. The van der Waals surface area contributed by atoms with Gasteiger partial charge in [0.15, 0.2) is 6.61 Å². The number of nitrogens with zero attached hydrogens (tertiary/aromatic N) is 1. The van der Waals surface area contributed by atoms with Gasteiger partial charge in [-0.1, -0.05) is 48.2 Å². The minimum absolute atomic E-state index is 0.110. The average Bonchev–Trinajstić information content (AvgIpc) is 2.80. The second-order valence-corrected chi connectivity index (χ2v) is 8.14. The number of esters is 1. The molecule has 7 nitrogen and oxygen atoms in total. The number of fused-ring (bicyclic) bond motifs is 2. The first kappa shape index (κ1) is 21.5. The smallest absolute Gasteiger partial charge is 0.308 e. The third-order valence-electron chi connectivity index (χ3n) is 4.90. The number of carbonyl (C=O) groups excluding carboxylic acids is 3. The van der Waals surface area contributed by atoms with Crippen LogP contribution in [0.4, 0.5) is 17.1 Å². The van der Waals surface area contributed by atoms with E-state index in [1.165, 1.54) is 6.07 Å². The van der Waals surface area contributed by atoms with Gasteiger partial charge in [-0.05, 0) is 36.4 Å². The summed E-state index contributed by atoms with van der Waals surface area (Å²) in [6.07, 6.45) is 0.110. The van der Waals surface area contributed by atoms with Crippen LogP contribution >= 0.6 is 11.8 Å². The van der Waals surface area contributed by atoms with E-state index in [1.807, 2.05) is 36.4 Å². The molecule has 1 aliphatic heterocycles. The zero-order valence-electron chi connectivity index (χ0n) is 17.1. The molecule has 0 unspecified atom stereocenters. The molecule has 0 radical (unpaired) electrons. The number of amides is 2. The van der Waals surface area contributed by atoms with Crippen LogP contribution < -0.4 is 16.0 Å². The lowest BCUT2D eigenvalue weighted by Crippen LogP contribution is -2.26. The Morgan fingerprint density at radius 3 is 2.12 bits per heavy atom. The van der Waals surface area contributed by atoms with Crippen LogP contribution in [0.15, 0.2) is 82.6 Å². The number of rotatable bonds is 7. The summed E-state index contributed by atoms with van der Waals surface area (Å²) in [4.78, 5) is 40.3. The van der Waals surface area contributed by atoms with Crippen molar-refractivity contribution in [2.75, 3.05) is 23.4 Å². The van der Waals surface area contributed by atoms with Crippen LogP contribution in [0.1, 0.15) is 16.8 Å². The SMILES string of the molecule is NC(=O)c1ccccc1NC(=O)COC(=O)CCN1c2ccccc2Sc2ccccc21. The van der Waals surface area contributed by atoms with E-state index in [0.29, 0.717) is 6.54 Å². The van der Waals surface area contributed by atoms with E-state index in [4.69, 9.17) is 10.5 Å². The average molecular weight is 448 g/mol. The number of nitrogens with two attached hydrogens (primary N) is 1. The minimum atomic E-state index is -0.654. The van der Waals surface area contributed by atoms with Gasteiger partial charge in [0.1, 0.15) is 0 Å². The summed E-state index contributed by atoms with van der Waals surface area (Å²) in [6, 6.07) is 22.4. The number of carbonyl (C=O) groups is 3. The first-order valence-corrected chi connectivity index (χ1v) is 10.8. The zero-order chi connectivity index (χ0) is 22.5. The lowest BCUT2D eigenvalue weighted by atomic mass is 10.1. The number of nitrogens with one attached hydrogen (secondary N) is 1. The van der Waals surface area contributed by atoms with Crippen molar-refractivity contribution >= 4 is 46.6 Å². The van der Waals surface area contributed by atoms with Gasteiger partial charge in [0, 0.05) is 16.3 Å². The van der Waals surface area contributed by atoms with Crippen LogP contribution in [0.2, 0.25) is 0 Å². The van der Waals surface area contributed by atoms with Crippen LogP contribution in [0.3, 0.4) is 0 Å². The van der Waals surface area contributed by atoms with Crippen LogP contribution in [0.25, 0.3) is 0 Å². The number of anilines is 3. The Morgan fingerprint density at radius 2 is 1.47 bits per heavy atom. The molecule has 0 fully saturated rings. The van der Waals surface area contributed by atoms with Crippen LogP contribution in [-0.2, 0) is 14.3 Å². The zero-order valence-corrected chi connectivity index (χ0v) is 17.9. The molecule has 8 heteroatoms. The highest BCUT2D eigenvalue weighted by Crippen LogP contribution is 2.47. The van der Waals surface area contributed by atoms with Crippen molar-refractivity contribution in [1.29, 1.82) is 0 Å². The quantitative estimate of drug-likeness (QED) is 0.532. The van der Waals surface area contributed by atoms with E-state index in [-0.39, 0.29) is 17.7 Å². The fourth-order valence-corrected chi connectivity index (χ4v) is 4.53. The van der Waals surface area contributed by atoms with Gasteiger partial charge in [-0.15, -0.1) is 0 Å².